The zero-order chi connectivity index (χ0) is 29.3. The fourth-order valence-electron chi connectivity index (χ4n) is 4.09. The van der Waals surface area contributed by atoms with Crippen LogP contribution in [-0.2, 0) is 19.1 Å². The largest absolute Gasteiger partial charge is 0.497 e. The number of rotatable bonds is 11. The molecule has 0 radical (unpaired) electrons. The van der Waals surface area contributed by atoms with Crippen molar-refractivity contribution in [2.45, 2.75) is 58.7 Å². The third-order valence-electron chi connectivity index (χ3n) is 5.74. The Morgan fingerprint density at radius 1 is 1.05 bits per heavy atom. The molecule has 0 aromatic heterocycles. The predicted octanol–water partition coefficient (Wildman–Crippen LogP) is 3.78. The van der Waals surface area contributed by atoms with Crippen LogP contribution < -0.4 is 21.1 Å². The summed E-state index contributed by atoms with van der Waals surface area (Å²) in [4.78, 5) is 53.5. The van der Waals surface area contributed by atoms with Gasteiger partial charge in [0.2, 0.25) is 11.8 Å². The van der Waals surface area contributed by atoms with Gasteiger partial charge in [0.25, 0.3) is 5.91 Å². The van der Waals surface area contributed by atoms with Gasteiger partial charge in [-0.3, -0.25) is 14.4 Å². The van der Waals surface area contributed by atoms with Crippen molar-refractivity contribution >= 4 is 29.5 Å². The zero-order valence-electron chi connectivity index (χ0n) is 23.4. The van der Waals surface area contributed by atoms with Gasteiger partial charge in [-0.25, -0.2) is 4.79 Å². The molecular formula is C29H38N4O6. The van der Waals surface area contributed by atoms with Gasteiger partial charge in [0.1, 0.15) is 23.4 Å². The average molecular weight is 539 g/mol. The molecule has 39 heavy (non-hydrogen) atoms. The highest BCUT2D eigenvalue weighted by Gasteiger charge is 2.37. The summed E-state index contributed by atoms with van der Waals surface area (Å²) in [7, 11) is 1.54. The minimum atomic E-state index is -1.38. The lowest BCUT2D eigenvalue weighted by Crippen LogP contribution is -2.53. The number of hydrogen-bond donors (Lipinski definition) is 3. The Hall–Kier alpha value is -4.34. The van der Waals surface area contributed by atoms with Gasteiger partial charge in [0.05, 0.1) is 13.5 Å². The van der Waals surface area contributed by atoms with E-state index in [1.165, 1.54) is 18.1 Å². The number of carbonyl (C=O) groups excluding carboxylic acids is 4. The van der Waals surface area contributed by atoms with E-state index in [-0.39, 0.29) is 6.54 Å². The SMILES string of the molecule is C=CCN(C(=O)C(CC(N)=O)NC(=O)OC(C)(C)C)C(C(=O)Nc1ccc(OC)cc1)c1c(C)cccc1C. The number of anilines is 1. The monoisotopic (exact) mass is 538 g/mol. The van der Waals surface area contributed by atoms with Crippen molar-refractivity contribution in [3.8, 4) is 5.75 Å². The van der Waals surface area contributed by atoms with Crippen LogP contribution in [0, 0.1) is 13.8 Å². The third-order valence-corrected chi connectivity index (χ3v) is 5.74. The molecule has 0 aliphatic heterocycles. The van der Waals surface area contributed by atoms with Crippen LogP contribution >= 0.6 is 0 Å². The molecule has 4 N–H and O–H groups in total. The molecule has 4 amide bonds. The maximum Gasteiger partial charge on any atom is 0.408 e. The lowest BCUT2D eigenvalue weighted by Gasteiger charge is -2.35. The van der Waals surface area contributed by atoms with Crippen molar-refractivity contribution in [2.75, 3.05) is 19.0 Å². The summed E-state index contributed by atoms with van der Waals surface area (Å²) in [6.45, 7) is 12.4. The van der Waals surface area contributed by atoms with Crippen LogP contribution in [0.1, 0.15) is 49.9 Å². The molecule has 0 bridgehead atoms. The van der Waals surface area contributed by atoms with Crippen molar-refractivity contribution in [1.82, 2.24) is 10.2 Å². The molecule has 0 heterocycles. The summed E-state index contributed by atoms with van der Waals surface area (Å²) in [6, 6.07) is 9.78. The van der Waals surface area contributed by atoms with Crippen LogP contribution in [0.5, 0.6) is 5.75 Å². The van der Waals surface area contributed by atoms with E-state index in [0.717, 1.165) is 11.1 Å². The molecule has 210 valence electrons. The molecule has 10 nitrogen and oxygen atoms in total. The van der Waals surface area contributed by atoms with Gasteiger partial charge in [-0.05, 0) is 75.6 Å². The van der Waals surface area contributed by atoms with Gasteiger partial charge in [-0.2, -0.15) is 0 Å². The minimum absolute atomic E-state index is 0.0570. The number of aryl methyl sites for hydroxylation is 2. The molecule has 2 aromatic rings. The van der Waals surface area contributed by atoms with Gasteiger partial charge >= 0.3 is 6.09 Å². The van der Waals surface area contributed by atoms with E-state index in [0.29, 0.717) is 17.0 Å². The summed E-state index contributed by atoms with van der Waals surface area (Å²) in [5.41, 5.74) is 7.22. The summed E-state index contributed by atoms with van der Waals surface area (Å²) < 4.78 is 10.5. The Morgan fingerprint density at radius 3 is 2.13 bits per heavy atom. The van der Waals surface area contributed by atoms with Crippen LogP contribution in [0.3, 0.4) is 0 Å². The number of nitrogens with zero attached hydrogens (tertiary/aromatic N) is 1. The van der Waals surface area contributed by atoms with Gasteiger partial charge < -0.3 is 30.7 Å². The number of benzene rings is 2. The molecule has 10 heteroatoms. The molecular weight excluding hydrogens is 500 g/mol. The topological polar surface area (TPSA) is 140 Å². The number of ether oxygens (including phenoxy) is 2. The molecule has 0 aliphatic carbocycles. The van der Waals surface area contributed by atoms with E-state index in [4.69, 9.17) is 15.2 Å². The van der Waals surface area contributed by atoms with Crippen LogP contribution in [0.4, 0.5) is 10.5 Å². The van der Waals surface area contributed by atoms with Crippen LogP contribution in [0.25, 0.3) is 0 Å². The first-order valence-corrected chi connectivity index (χ1v) is 12.5. The molecule has 0 fully saturated rings. The van der Waals surface area contributed by atoms with E-state index in [1.54, 1.807) is 45.0 Å². The minimum Gasteiger partial charge on any atom is -0.497 e. The second kappa shape index (κ2) is 13.5. The van der Waals surface area contributed by atoms with Crippen LogP contribution in [0.2, 0.25) is 0 Å². The lowest BCUT2D eigenvalue weighted by molar-refractivity contribution is -0.141. The molecule has 2 rings (SSSR count). The molecule has 2 unspecified atom stereocenters. The van der Waals surface area contributed by atoms with Crippen LogP contribution in [-0.4, -0.2) is 54.0 Å². The Kier molecular flexibility index (Phi) is 10.7. The quantitative estimate of drug-likeness (QED) is 0.372. The molecule has 2 aromatic carbocycles. The number of primary amides is 1. The zero-order valence-corrected chi connectivity index (χ0v) is 23.4. The van der Waals surface area contributed by atoms with Crippen molar-refractivity contribution in [2.24, 2.45) is 5.73 Å². The van der Waals surface area contributed by atoms with E-state index in [1.807, 2.05) is 32.0 Å². The summed E-state index contributed by atoms with van der Waals surface area (Å²) >= 11 is 0. The van der Waals surface area contributed by atoms with Gasteiger partial charge in [-0.15, -0.1) is 6.58 Å². The Balaban J connectivity index is 2.57. The summed E-state index contributed by atoms with van der Waals surface area (Å²) in [6.07, 6.45) is 0.0752. The van der Waals surface area contributed by atoms with E-state index in [9.17, 15) is 19.2 Å². The van der Waals surface area contributed by atoms with Crippen LogP contribution in [0.15, 0.2) is 55.1 Å². The number of hydrogen-bond acceptors (Lipinski definition) is 6. The highest BCUT2D eigenvalue weighted by atomic mass is 16.6. The normalized spacial score (nSPS) is 12.5. The van der Waals surface area contributed by atoms with E-state index < -0.39 is 47.9 Å². The number of alkyl carbamates (subject to hydrolysis) is 1. The molecule has 0 spiro atoms. The lowest BCUT2D eigenvalue weighted by atomic mass is 9.93. The first-order valence-electron chi connectivity index (χ1n) is 12.5. The van der Waals surface area contributed by atoms with Crippen molar-refractivity contribution in [3.05, 3.63) is 71.8 Å². The van der Waals surface area contributed by atoms with Crippen molar-refractivity contribution in [3.63, 3.8) is 0 Å². The first-order chi connectivity index (χ1) is 18.3. The van der Waals surface area contributed by atoms with E-state index in [2.05, 4.69) is 17.2 Å². The van der Waals surface area contributed by atoms with Crippen molar-refractivity contribution < 1.29 is 28.7 Å². The first kappa shape index (κ1) is 30.9. The fraction of sp³-hybridized carbons (Fsp3) is 0.379. The second-order valence-corrected chi connectivity index (χ2v) is 10.1. The maximum absolute atomic E-state index is 14.0. The van der Waals surface area contributed by atoms with Gasteiger partial charge in [0, 0.05) is 12.2 Å². The number of amides is 4. The summed E-state index contributed by atoms with van der Waals surface area (Å²) in [5, 5.41) is 5.31. The number of nitrogens with one attached hydrogen (secondary N) is 2. The molecule has 2 atom stereocenters. The molecule has 0 aliphatic rings. The van der Waals surface area contributed by atoms with E-state index >= 15 is 0 Å². The highest BCUT2D eigenvalue weighted by Crippen LogP contribution is 2.30. The fourth-order valence-corrected chi connectivity index (χ4v) is 4.09. The highest BCUT2D eigenvalue weighted by molar-refractivity contribution is 6.00. The number of methoxy groups -OCH3 is 1. The summed E-state index contributed by atoms with van der Waals surface area (Å²) in [5.74, 6) is -1.39. The maximum atomic E-state index is 14.0. The third kappa shape index (κ3) is 8.87. The Bertz CT molecular complexity index is 1180. The van der Waals surface area contributed by atoms with Gasteiger partial charge in [-0.1, -0.05) is 24.3 Å². The Labute approximate surface area is 229 Å². The standard InChI is InChI=1S/C29H38N4O6/c1-8-16-33(27(36)22(17-23(30)34)32-28(37)39-29(4,5)6)25(24-18(2)10-9-11-19(24)3)26(35)31-20-12-14-21(38-7)15-13-20/h8-15,22,25H,1,16-17H2,2-7H3,(H2,30,34)(H,31,35)(H,32,37). The Morgan fingerprint density at radius 2 is 1.64 bits per heavy atom. The second-order valence-electron chi connectivity index (χ2n) is 10.1. The molecule has 0 saturated carbocycles. The number of carbonyl (C=O) groups is 4. The number of nitrogens with two attached hydrogens (primary N) is 1. The van der Waals surface area contributed by atoms with Gasteiger partial charge in [0.15, 0.2) is 0 Å². The van der Waals surface area contributed by atoms with Crippen molar-refractivity contribution in [1.29, 1.82) is 0 Å². The smallest absolute Gasteiger partial charge is 0.408 e. The average Bonchev–Trinajstić information content (AvgIpc) is 2.83. The molecule has 0 saturated heterocycles. The predicted molar refractivity (Wildman–Crippen MR) is 149 cm³/mol.